The molecular formula is C20H17ClN6O4S. The lowest BCUT2D eigenvalue weighted by molar-refractivity contribution is -0.118. The van der Waals surface area contributed by atoms with E-state index < -0.39 is 11.2 Å². The average Bonchev–Trinajstić information content (AvgIpc) is 3.41. The van der Waals surface area contributed by atoms with Gasteiger partial charge in [0.05, 0.1) is 18.6 Å². The van der Waals surface area contributed by atoms with Crippen LogP contribution in [0.25, 0.3) is 5.69 Å². The van der Waals surface area contributed by atoms with Crippen LogP contribution in [0.1, 0.15) is 17.3 Å². The van der Waals surface area contributed by atoms with Gasteiger partial charge in [-0.1, -0.05) is 23.4 Å². The van der Waals surface area contributed by atoms with E-state index in [9.17, 15) is 14.4 Å². The zero-order valence-electron chi connectivity index (χ0n) is 16.5. The van der Waals surface area contributed by atoms with Gasteiger partial charge in [-0.2, -0.15) is 0 Å². The fraction of sp³-hybridized carbons (Fsp3) is 0.150. The van der Waals surface area contributed by atoms with E-state index in [0.29, 0.717) is 27.5 Å². The van der Waals surface area contributed by atoms with Crippen LogP contribution in [0.2, 0.25) is 5.02 Å². The molecule has 3 aromatic heterocycles. The molecule has 0 aliphatic heterocycles. The normalized spacial score (nSPS) is 10.9. The van der Waals surface area contributed by atoms with Crippen LogP contribution in [0, 0.1) is 0 Å². The molecule has 0 unspecified atom stereocenters. The third-order valence-corrected chi connectivity index (χ3v) is 5.50. The van der Waals surface area contributed by atoms with Gasteiger partial charge in [-0.3, -0.25) is 19.1 Å². The number of nitrogens with zero attached hydrogens (tertiary/aromatic N) is 3. The highest BCUT2D eigenvalue weighted by atomic mass is 35.5. The molecule has 0 aliphatic rings. The first-order valence-electron chi connectivity index (χ1n) is 9.42. The highest BCUT2D eigenvalue weighted by molar-refractivity contribution is 7.99. The van der Waals surface area contributed by atoms with Crippen molar-refractivity contribution < 1.29 is 9.21 Å². The van der Waals surface area contributed by atoms with E-state index in [-0.39, 0.29) is 24.6 Å². The molecule has 0 aliphatic carbocycles. The van der Waals surface area contributed by atoms with Gasteiger partial charge in [0.25, 0.3) is 5.56 Å². The fourth-order valence-electron chi connectivity index (χ4n) is 2.92. The quantitative estimate of drug-likeness (QED) is 0.333. The fourth-order valence-corrected chi connectivity index (χ4v) is 3.85. The molecule has 164 valence electrons. The van der Waals surface area contributed by atoms with Crippen molar-refractivity contribution >= 4 is 29.3 Å². The summed E-state index contributed by atoms with van der Waals surface area (Å²) in [5, 5.41) is 12.2. The molecule has 0 atom stereocenters. The average molecular weight is 473 g/mol. The highest BCUT2D eigenvalue weighted by Gasteiger charge is 2.17. The third kappa shape index (κ3) is 5.37. The molecule has 0 saturated carbocycles. The Balaban J connectivity index is 1.56. The van der Waals surface area contributed by atoms with E-state index in [4.69, 9.17) is 16.0 Å². The van der Waals surface area contributed by atoms with E-state index in [0.717, 1.165) is 5.69 Å². The number of halogens is 1. The number of nitrogens with one attached hydrogen (secondary N) is 3. The summed E-state index contributed by atoms with van der Waals surface area (Å²) in [7, 11) is 0. The second-order valence-corrected chi connectivity index (χ2v) is 8.02. The SMILES string of the molecule is O=C(CSc1nnc(Cc2cc(=O)[nH]c(=O)[nH]2)n1-c1ccc(Cl)cc1)NCc1ccco1. The van der Waals surface area contributed by atoms with Gasteiger partial charge in [-0.15, -0.1) is 10.2 Å². The molecule has 0 spiro atoms. The third-order valence-electron chi connectivity index (χ3n) is 4.32. The minimum absolute atomic E-state index is 0.105. The standard InChI is InChI=1S/C20H17ClN6O4S/c21-12-3-5-14(6-4-12)27-16(8-13-9-17(28)24-19(30)23-13)25-26-20(27)32-11-18(29)22-10-15-2-1-7-31-15/h1-7,9H,8,10-11H2,(H,22,29)(H2,23,24,28,30). The molecule has 3 heterocycles. The lowest BCUT2D eigenvalue weighted by Gasteiger charge is -2.10. The lowest BCUT2D eigenvalue weighted by Crippen LogP contribution is -2.24. The van der Waals surface area contributed by atoms with Gasteiger partial charge in [0.2, 0.25) is 5.91 Å². The Bertz CT molecular complexity index is 1300. The zero-order chi connectivity index (χ0) is 22.5. The highest BCUT2D eigenvalue weighted by Crippen LogP contribution is 2.24. The Hall–Kier alpha value is -3.57. The Labute approximate surface area is 190 Å². The van der Waals surface area contributed by atoms with Gasteiger partial charge < -0.3 is 14.7 Å². The minimum Gasteiger partial charge on any atom is -0.467 e. The van der Waals surface area contributed by atoms with E-state index in [1.807, 2.05) is 0 Å². The molecule has 32 heavy (non-hydrogen) atoms. The Morgan fingerprint density at radius 1 is 1.16 bits per heavy atom. The van der Waals surface area contributed by atoms with Crippen LogP contribution in [0.15, 0.2) is 67.9 Å². The van der Waals surface area contributed by atoms with Crippen molar-refractivity contribution in [1.82, 2.24) is 30.0 Å². The van der Waals surface area contributed by atoms with Gasteiger partial charge in [0.1, 0.15) is 11.6 Å². The largest absolute Gasteiger partial charge is 0.467 e. The maximum Gasteiger partial charge on any atom is 0.325 e. The summed E-state index contributed by atoms with van der Waals surface area (Å²) < 4.78 is 6.95. The van der Waals surface area contributed by atoms with Crippen LogP contribution in [0.5, 0.6) is 0 Å². The molecule has 0 saturated heterocycles. The summed E-state index contributed by atoms with van der Waals surface area (Å²) >= 11 is 7.22. The van der Waals surface area contributed by atoms with Gasteiger partial charge in [-0.05, 0) is 36.4 Å². The smallest absolute Gasteiger partial charge is 0.325 e. The van der Waals surface area contributed by atoms with E-state index >= 15 is 0 Å². The van der Waals surface area contributed by atoms with Crippen LogP contribution >= 0.6 is 23.4 Å². The number of aromatic nitrogens is 5. The number of hydrogen-bond donors (Lipinski definition) is 3. The topological polar surface area (TPSA) is 139 Å². The summed E-state index contributed by atoms with van der Waals surface area (Å²) in [5.41, 5.74) is -0.00814. The van der Waals surface area contributed by atoms with Gasteiger partial charge in [0.15, 0.2) is 5.16 Å². The maximum atomic E-state index is 12.3. The molecule has 10 nitrogen and oxygen atoms in total. The molecular weight excluding hydrogens is 456 g/mol. The summed E-state index contributed by atoms with van der Waals surface area (Å²) in [6.07, 6.45) is 1.69. The van der Waals surface area contributed by atoms with Crippen LogP contribution in [-0.2, 0) is 17.8 Å². The molecule has 0 fully saturated rings. The molecule has 4 aromatic rings. The number of hydrogen-bond acceptors (Lipinski definition) is 7. The van der Waals surface area contributed by atoms with Crippen LogP contribution < -0.4 is 16.6 Å². The summed E-state index contributed by atoms with van der Waals surface area (Å²) in [6, 6.07) is 11.8. The summed E-state index contributed by atoms with van der Waals surface area (Å²) in [4.78, 5) is 40.2. The molecule has 12 heteroatoms. The van der Waals surface area contributed by atoms with Crippen molar-refractivity contribution in [2.45, 2.75) is 18.1 Å². The Morgan fingerprint density at radius 2 is 1.97 bits per heavy atom. The monoisotopic (exact) mass is 472 g/mol. The van der Waals surface area contributed by atoms with Crippen molar-refractivity contribution in [3.63, 3.8) is 0 Å². The molecule has 3 N–H and O–H groups in total. The van der Waals surface area contributed by atoms with Crippen molar-refractivity contribution in [2.24, 2.45) is 0 Å². The Kier molecular flexibility index (Phi) is 6.57. The first-order chi connectivity index (χ1) is 15.5. The predicted octanol–water partition coefficient (Wildman–Crippen LogP) is 1.89. The first kappa shape index (κ1) is 21.7. The zero-order valence-corrected chi connectivity index (χ0v) is 18.1. The van der Waals surface area contributed by atoms with Gasteiger partial charge in [-0.25, -0.2) is 4.79 Å². The number of furan rings is 1. The number of rotatable bonds is 8. The van der Waals surface area contributed by atoms with Crippen molar-refractivity contribution in [1.29, 1.82) is 0 Å². The molecule has 0 bridgehead atoms. The lowest BCUT2D eigenvalue weighted by atomic mass is 10.2. The van der Waals surface area contributed by atoms with E-state index in [1.165, 1.54) is 17.8 Å². The molecule has 1 amide bonds. The second-order valence-electron chi connectivity index (χ2n) is 6.65. The van der Waals surface area contributed by atoms with E-state index in [1.54, 1.807) is 47.2 Å². The first-order valence-corrected chi connectivity index (χ1v) is 10.8. The van der Waals surface area contributed by atoms with Gasteiger partial charge >= 0.3 is 5.69 Å². The summed E-state index contributed by atoms with van der Waals surface area (Å²) in [5.74, 6) is 1.04. The van der Waals surface area contributed by atoms with Crippen molar-refractivity contribution in [3.05, 3.63) is 91.9 Å². The van der Waals surface area contributed by atoms with Crippen molar-refractivity contribution in [2.75, 3.05) is 5.75 Å². The van der Waals surface area contributed by atoms with Crippen LogP contribution in [-0.4, -0.2) is 36.4 Å². The van der Waals surface area contributed by atoms with Crippen molar-refractivity contribution in [3.8, 4) is 5.69 Å². The number of aromatic amines is 2. The number of amides is 1. The molecule has 1 aromatic carbocycles. The maximum absolute atomic E-state index is 12.3. The van der Waals surface area contributed by atoms with Crippen LogP contribution in [0.3, 0.4) is 0 Å². The minimum atomic E-state index is -0.604. The van der Waals surface area contributed by atoms with E-state index in [2.05, 4.69) is 25.5 Å². The Morgan fingerprint density at radius 3 is 2.69 bits per heavy atom. The number of thioether (sulfide) groups is 1. The number of benzene rings is 1. The number of H-pyrrole nitrogens is 2. The second kappa shape index (κ2) is 9.71. The van der Waals surface area contributed by atoms with Crippen LogP contribution in [0.4, 0.5) is 0 Å². The van der Waals surface area contributed by atoms with Gasteiger partial charge in [0, 0.05) is 28.9 Å². The number of carbonyl (C=O) groups is 1. The summed E-state index contributed by atoms with van der Waals surface area (Å²) in [6.45, 7) is 0.289. The predicted molar refractivity (Wildman–Crippen MR) is 118 cm³/mol. The number of carbonyl (C=O) groups excluding carboxylic acids is 1. The molecule has 4 rings (SSSR count). The molecule has 0 radical (unpaired) electrons.